The van der Waals surface area contributed by atoms with Gasteiger partial charge in [-0.05, 0) is 43.2 Å². The van der Waals surface area contributed by atoms with Gasteiger partial charge in [0.25, 0.3) is 0 Å². The van der Waals surface area contributed by atoms with Gasteiger partial charge in [0.15, 0.2) is 0 Å². The molecule has 2 aromatic rings. The smallest absolute Gasteiger partial charge is 0.226 e. The van der Waals surface area contributed by atoms with Crippen molar-refractivity contribution in [3.63, 3.8) is 0 Å². The fourth-order valence-electron chi connectivity index (χ4n) is 3.37. The first kappa shape index (κ1) is 16.6. The van der Waals surface area contributed by atoms with Gasteiger partial charge < -0.3 is 9.47 Å². The zero-order valence-electron chi connectivity index (χ0n) is 14.4. The Morgan fingerprint density at radius 2 is 2.04 bits per heavy atom. The Morgan fingerprint density at radius 3 is 2.72 bits per heavy atom. The quantitative estimate of drug-likeness (QED) is 0.747. The first-order valence-corrected chi connectivity index (χ1v) is 9.60. The van der Waals surface area contributed by atoms with Crippen LogP contribution in [-0.4, -0.2) is 26.9 Å². The Balaban J connectivity index is 1.49. The van der Waals surface area contributed by atoms with Crippen molar-refractivity contribution < 1.29 is 4.79 Å². The minimum Gasteiger partial charge on any atom is -0.335 e. The van der Waals surface area contributed by atoms with Crippen molar-refractivity contribution in [2.24, 2.45) is 11.8 Å². The van der Waals surface area contributed by atoms with Gasteiger partial charge in [0, 0.05) is 29.9 Å². The largest absolute Gasteiger partial charge is 0.335 e. The number of hydrogen-bond acceptors (Lipinski definition) is 2. The van der Waals surface area contributed by atoms with E-state index in [9.17, 15) is 4.79 Å². The van der Waals surface area contributed by atoms with Crippen LogP contribution >= 0.6 is 11.6 Å². The molecule has 0 unspecified atom stereocenters. The van der Waals surface area contributed by atoms with Crippen molar-refractivity contribution >= 4 is 17.5 Å². The number of hydrogen-bond donors (Lipinski definition) is 0. The predicted octanol–water partition coefficient (Wildman–Crippen LogP) is 4.12. The molecule has 1 aromatic carbocycles. The van der Waals surface area contributed by atoms with E-state index in [-0.39, 0.29) is 5.92 Å². The van der Waals surface area contributed by atoms with Gasteiger partial charge in [-0.25, -0.2) is 4.98 Å². The van der Waals surface area contributed by atoms with Gasteiger partial charge in [-0.1, -0.05) is 36.2 Å². The number of rotatable bonds is 7. The van der Waals surface area contributed by atoms with Crippen molar-refractivity contribution in [2.45, 2.75) is 45.2 Å². The maximum atomic E-state index is 12.8. The number of benzene rings is 1. The normalized spacial score (nSPS) is 17.3. The molecule has 2 fully saturated rings. The molecular weight excluding hydrogens is 334 g/mol. The summed E-state index contributed by atoms with van der Waals surface area (Å²) >= 11 is 6.30. The van der Waals surface area contributed by atoms with E-state index in [1.807, 2.05) is 41.6 Å². The van der Waals surface area contributed by atoms with Gasteiger partial charge in [-0.15, -0.1) is 0 Å². The molecule has 25 heavy (non-hydrogen) atoms. The van der Waals surface area contributed by atoms with Crippen molar-refractivity contribution in [3.05, 3.63) is 53.1 Å². The van der Waals surface area contributed by atoms with Crippen LogP contribution in [0.1, 0.15) is 43.5 Å². The number of amides is 1. The topological polar surface area (TPSA) is 38.1 Å². The van der Waals surface area contributed by atoms with Crippen LogP contribution in [0.2, 0.25) is 5.02 Å². The SMILES string of the molecule is O=C(C1CCC1)N(Cc1nccn1Cc1ccccc1Cl)CC1CC1. The molecule has 0 spiro atoms. The van der Waals surface area contributed by atoms with Crippen molar-refractivity contribution in [1.82, 2.24) is 14.5 Å². The van der Waals surface area contributed by atoms with Crippen LogP contribution in [-0.2, 0) is 17.9 Å². The number of carbonyl (C=O) groups excluding carboxylic acids is 1. The standard InChI is InChI=1S/C20H24ClN3O/c21-18-7-2-1-4-17(18)13-23-11-10-22-19(23)14-24(12-15-8-9-15)20(25)16-5-3-6-16/h1-2,4,7,10-11,15-16H,3,5-6,8-9,12-14H2. The fraction of sp³-hybridized carbons (Fsp3) is 0.500. The minimum atomic E-state index is 0.241. The molecule has 0 saturated heterocycles. The summed E-state index contributed by atoms with van der Waals surface area (Å²) in [6, 6.07) is 7.88. The zero-order valence-corrected chi connectivity index (χ0v) is 15.2. The van der Waals surface area contributed by atoms with Gasteiger partial charge >= 0.3 is 0 Å². The van der Waals surface area contributed by atoms with Gasteiger partial charge in [0.05, 0.1) is 13.1 Å². The lowest BCUT2D eigenvalue weighted by Gasteiger charge is -2.31. The molecule has 0 radical (unpaired) electrons. The Bertz CT molecular complexity index is 749. The third-order valence-electron chi connectivity index (χ3n) is 5.37. The Hall–Kier alpha value is -1.81. The van der Waals surface area contributed by atoms with Crippen LogP contribution in [0.4, 0.5) is 0 Å². The van der Waals surface area contributed by atoms with Gasteiger partial charge in [-0.3, -0.25) is 4.79 Å². The Labute approximate surface area is 153 Å². The molecule has 0 N–H and O–H groups in total. The van der Waals surface area contributed by atoms with E-state index in [4.69, 9.17) is 11.6 Å². The van der Waals surface area contributed by atoms with Crippen molar-refractivity contribution in [2.75, 3.05) is 6.54 Å². The second-order valence-corrected chi connectivity index (χ2v) is 7.76. The van der Waals surface area contributed by atoms with Gasteiger partial charge in [0.1, 0.15) is 5.82 Å². The lowest BCUT2D eigenvalue weighted by atomic mass is 9.84. The van der Waals surface area contributed by atoms with E-state index in [1.165, 1.54) is 19.3 Å². The molecule has 0 aliphatic heterocycles. The lowest BCUT2D eigenvalue weighted by molar-refractivity contribution is -0.139. The third-order valence-corrected chi connectivity index (χ3v) is 5.74. The summed E-state index contributed by atoms with van der Waals surface area (Å²) in [5.74, 6) is 2.19. The molecule has 5 heteroatoms. The van der Waals surface area contributed by atoms with Crippen LogP contribution in [0, 0.1) is 11.8 Å². The highest BCUT2D eigenvalue weighted by atomic mass is 35.5. The summed E-state index contributed by atoms with van der Waals surface area (Å²) in [5.41, 5.74) is 1.07. The summed E-state index contributed by atoms with van der Waals surface area (Å²) in [5, 5.41) is 0.766. The molecule has 2 saturated carbocycles. The van der Waals surface area contributed by atoms with E-state index in [2.05, 4.69) is 9.55 Å². The van der Waals surface area contributed by atoms with Crippen LogP contribution in [0.25, 0.3) is 0 Å². The summed E-state index contributed by atoms with van der Waals surface area (Å²) in [7, 11) is 0. The number of nitrogens with zero attached hydrogens (tertiary/aromatic N) is 3. The molecule has 1 aromatic heterocycles. The summed E-state index contributed by atoms with van der Waals surface area (Å²) in [4.78, 5) is 19.4. The molecule has 2 aliphatic carbocycles. The third kappa shape index (κ3) is 3.90. The summed E-state index contributed by atoms with van der Waals surface area (Å²) < 4.78 is 2.11. The molecular formula is C20H24ClN3O. The lowest BCUT2D eigenvalue weighted by Crippen LogP contribution is -2.40. The van der Waals surface area contributed by atoms with E-state index >= 15 is 0 Å². The Morgan fingerprint density at radius 1 is 1.24 bits per heavy atom. The van der Waals surface area contributed by atoms with Crippen molar-refractivity contribution in [1.29, 1.82) is 0 Å². The first-order chi connectivity index (χ1) is 12.2. The molecule has 4 rings (SSSR count). The molecule has 1 amide bonds. The van der Waals surface area contributed by atoms with E-state index < -0.39 is 0 Å². The summed E-state index contributed by atoms with van der Waals surface area (Å²) in [6.07, 6.45) is 9.58. The number of halogens is 1. The molecule has 0 bridgehead atoms. The second-order valence-electron chi connectivity index (χ2n) is 7.35. The number of carbonyl (C=O) groups is 1. The first-order valence-electron chi connectivity index (χ1n) is 9.23. The number of imidazole rings is 1. The maximum absolute atomic E-state index is 12.8. The minimum absolute atomic E-state index is 0.241. The Kier molecular flexibility index (Phi) is 4.80. The summed E-state index contributed by atoms with van der Waals surface area (Å²) in [6.45, 7) is 2.17. The van der Waals surface area contributed by atoms with E-state index in [1.54, 1.807) is 0 Å². The molecule has 132 valence electrons. The molecule has 0 atom stereocenters. The van der Waals surface area contributed by atoms with Gasteiger partial charge in [-0.2, -0.15) is 0 Å². The predicted molar refractivity (Wildman–Crippen MR) is 98.3 cm³/mol. The van der Waals surface area contributed by atoms with Crippen LogP contribution in [0.5, 0.6) is 0 Å². The van der Waals surface area contributed by atoms with E-state index in [0.717, 1.165) is 35.8 Å². The van der Waals surface area contributed by atoms with Crippen LogP contribution in [0.15, 0.2) is 36.7 Å². The van der Waals surface area contributed by atoms with Crippen LogP contribution in [0.3, 0.4) is 0 Å². The van der Waals surface area contributed by atoms with Crippen LogP contribution < -0.4 is 0 Å². The highest BCUT2D eigenvalue weighted by Crippen LogP contribution is 2.33. The maximum Gasteiger partial charge on any atom is 0.226 e. The fourth-order valence-corrected chi connectivity index (χ4v) is 3.57. The molecule has 1 heterocycles. The average Bonchev–Trinajstić information content (AvgIpc) is 3.26. The highest BCUT2D eigenvalue weighted by molar-refractivity contribution is 6.31. The monoisotopic (exact) mass is 357 g/mol. The second kappa shape index (κ2) is 7.20. The highest BCUT2D eigenvalue weighted by Gasteiger charge is 2.33. The zero-order chi connectivity index (χ0) is 17.2. The van der Waals surface area contributed by atoms with Gasteiger partial charge in [0.2, 0.25) is 5.91 Å². The molecule has 2 aliphatic rings. The van der Waals surface area contributed by atoms with Crippen molar-refractivity contribution in [3.8, 4) is 0 Å². The molecule has 4 nitrogen and oxygen atoms in total. The van der Waals surface area contributed by atoms with E-state index in [0.29, 0.717) is 24.9 Å². The number of aromatic nitrogens is 2. The average molecular weight is 358 g/mol.